The summed E-state index contributed by atoms with van der Waals surface area (Å²) in [5.41, 5.74) is 0. The maximum absolute atomic E-state index is 12.4. The third-order valence-corrected chi connectivity index (χ3v) is 3.98. The number of amides is 1. The van der Waals surface area contributed by atoms with Crippen molar-refractivity contribution >= 4 is 21.8 Å². The van der Waals surface area contributed by atoms with Gasteiger partial charge in [-0.3, -0.25) is 4.79 Å². The molecule has 0 aromatic heterocycles. The van der Waals surface area contributed by atoms with Crippen LogP contribution in [0.3, 0.4) is 0 Å². The lowest BCUT2D eigenvalue weighted by Gasteiger charge is -2.24. The van der Waals surface area contributed by atoms with Crippen molar-refractivity contribution in [2.45, 2.75) is 19.4 Å². The molecule has 0 radical (unpaired) electrons. The van der Waals surface area contributed by atoms with Gasteiger partial charge in [-0.1, -0.05) is 22.0 Å². The SMILES string of the molecule is C[C@H](Oc1cccc(Br)c1)C(=O)N1CCCN(C)CC1. The van der Waals surface area contributed by atoms with Crippen molar-refractivity contribution in [3.05, 3.63) is 28.7 Å². The Kier molecular flexibility index (Phi) is 5.43. The maximum atomic E-state index is 12.4. The quantitative estimate of drug-likeness (QED) is 0.846. The second kappa shape index (κ2) is 7.09. The van der Waals surface area contributed by atoms with Gasteiger partial charge in [-0.15, -0.1) is 0 Å². The van der Waals surface area contributed by atoms with Crippen LogP contribution in [0, 0.1) is 0 Å². The summed E-state index contributed by atoms with van der Waals surface area (Å²) in [6.07, 6.45) is 0.568. The summed E-state index contributed by atoms with van der Waals surface area (Å²) in [5.74, 6) is 0.785. The Hall–Kier alpha value is -1.07. The van der Waals surface area contributed by atoms with E-state index in [0.717, 1.165) is 37.1 Å². The van der Waals surface area contributed by atoms with Gasteiger partial charge in [0, 0.05) is 24.1 Å². The highest BCUT2D eigenvalue weighted by atomic mass is 79.9. The minimum absolute atomic E-state index is 0.0697. The standard InChI is InChI=1S/C15H21BrN2O2/c1-12(20-14-6-3-5-13(16)11-14)15(19)18-8-4-7-17(2)9-10-18/h3,5-6,11-12H,4,7-10H2,1-2H3/t12-/m0/s1. The summed E-state index contributed by atoms with van der Waals surface area (Å²) in [4.78, 5) is 16.6. The number of ether oxygens (including phenoxy) is 1. The van der Waals surface area contributed by atoms with Gasteiger partial charge >= 0.3 is 0 Å². The third-order valence-electron chi connectivity index (χ3n) is 3.49. The van der Waals surface area contributed by atoms with Crippen LogP contribution in [0.25, 0.3) is 0 Å². The Bertz CT molecular complexity index is 467. The van der Waals surface area contributed by atoms with Gasteiger partial charge in [-0.05, 0) is 45.1 Å². The first-order valence-electron chi connectivity index (χ1n) is 6.96. The molecule has 4 nitrogen and oxygen atoms in total. The number of nitrogens with zero attached hydrogens (tertiary/aromatic N) is 2. The molecule has 1 heterocycles. The van der Waals surface area contributed by atoms with Gasteiger partial charge in [0.05, 0.1) is 0 Å². The van der Waals surface area contributed by atoms with Crippen LogP contribution in [0.2, 0.25) is 0 Å². The van der Waals surface area contributed by atoms with Crippen molar-refractivity contribution < 1.29 is 9.53 Å². The molecule has 0 unspecified atom stereocenters. The molecule has 1 amide bonds. The van der Waals surface area contributed by atoms with E-state index in [2.05, 4.69) is 27.9 Å². The van der Waals surface area contributed by atoms with Gasteiger partial charge in [-0.25, -0.2) is 0 Å². The number of rotatable bonds is 3. The van der Waals surface area contributed by atoms with Crippen LogP contribution in [-0.4, -0.2) is 55.0 Å². The molecule has 1 aromatic carbocycles. The monoisotopic (exact) mass is 340 g/mol. The van der Waals surface area contributed by atoms with E-state index in [1.165, 1.54) is 0 Å². The van der Waals surface area contributed by atoms with Gasteiger partial charge in [0.1, 0.15) is 5.75 Å². The molecule has 1 fully saturated rings. The first kappa shape index (κ1) is 15.3. The Morgan fingerprint density at radius 1 is 1.30 bits per heavy atom. The molecule has 20 heavy (non-hydrogen) atoms. The third kappa shape index (κ3) is 4.21. The molecular weight excluding hydrogens is 320 g/mol. The molecule has 1 aromatic rings. The van der Waals surface area contributed by atoms with E-state index in [1.807, 2.05) is 36.1 Å². The van der Waals surface area contributed by atoms with Crippen LogP contribution >= 0.6 is 15.9 Å². The van der Waals surface area contributed by atoms with Crippen molar-refractivity contribution in [3.8, 4) is 5.75 Å². The molecule has 2 rings (SSSR count). The van der Waals surface area contributed by atoms with Crippen molar-refractivity contribution in [1.29, 1.82) is 0 Å². The van der Waals surface area contributed by atoms with Gasteiger partial charge in [0.2, 0.25) is 0 Å². The fraction of sp³-hybridized carbons (Fsp3) is 0.533. The van der Waals surface area contributed by atoms with Crippen molar-refractivity contribution in [3.63, 3.8) is 0 Å². The normalized spacial score (nSPS) is 18.4. The summed E-state index contributed by atoms with van der Waals surface area (Å²) in [5, 5.41) is 0. The summed E-state index contributed by atoms with van der Waals surface area (Å²) >= 11 is 3.40. The summed E-state index contributed by atoms with van der Waals surface area (Å²) in [6.45, 7) is 5.38. The maximum Gasteiger partial charge on any atom is 0.263 e. The molecule has 1 aliphatic heterocycles. The summed E-state index contributed by atoms with van der Waals surface area (Å²) in [6, 6.07) is 7.58. The Morgan fingerprint density at radius 3 is 2.85 bits per heavy atom. The van der Waals surface area contributed by atoms with E-state index >= 15 is 0 Å². The number of carbonyl (C=O) groups is 1. The average molecular weight is 341 g/mol. The summed E-state index contributed by atoms with van der Waals surface area (Å²) < 4.78 is 6.69. The predicted octanol–water partition coefficient (Wildman–Crippen LogP) is 2.38. The first-order chi connectivity index (χ1) is 9.56. The number of benzene rings is 1. The molecule has 1 atom stereocenters. The van der Waals surface area contributed by atoms with Crippen molar-refractivity contribution in [2.75, 3.05) is 33.2 Å². The molecule has 0 spiro atoms. The van der Waals surface area contributed by atoms with Crippen LogP contribution in [0.1, 0.15) is 13.3 Å². The number of hydrogen-bond acceptors (Lipinski definition) is 3. The van der Waals surface area contributed by atoms with Crippen LogP contribution < -0.4 is 4.74 Å². The Morgan fingerprint density at radius 2 is 2.10 bits per heavy atom. The molecule has 0 N–H and O–H groups in total. The van der Waals surface area contributed by atoms with Gasteiger partial charge in [0.15, 0.2) is 6.10 Å². The molecule has 1 saturated heterocycles. The highest BCUT2D eigenvalue weighted by molar-refractivity contribution is 9.10. The van der Waals surface area contributed by atoms with E-state index in [0.29, 0.717) is 5.75 Å². The molecule has 0 aliphatic carbocycles. The van der Waals surface area contributed by atoms with Crippen LogP contribution in [0.15, 0.2) is 28.7 Å². The van der Waals surface area contributed by atoms with E-state index in [-0.39, 0.29) is 5.91 Å². The fourth-order valence-corrected chi connectivity index (χ4v) is 2.70. The lowest BCUT2D eigenvalue weighted by molar-refractivity contribution is -0.137. The number of hydrogen-bond donors (Lipinski definition) is 0. The second-order valence-electron chi connectivity index (χ2n) is 5.20. The topological polar surface area (TPSA) is 32.8 Å². The zero-order valence-corrected chi connectivity index (χ0v) is 13.6. The molecule has 110 valence electrons. The molecule has 0 saturated carbocycles. The number of halogens is 1. The highest BCUT2D eigenvalue weighted by Gasteiger charge is 2.23. The number of likely N-dealkylation sites (N-methyl/N-ethyl adjacent to an activating group) is 1. The van der Waals surface area contributed by atoms with Crippen LogP contribution in [-0.2, 0) is 4.79 Å². The average Bonchev–Trinajstić information content (AvgIpc) is 2.62. The zero-order chi connectivity index (χ0) is 14.5. The van der Waals surface area contributed by atoms with Crippen LogP contribution in [0.5, 0.6) is 5.75 Å². The van der Waals surface area contributed by atoms with E-state index in [4.69, 9.17) is 4.74 Å². The fourth-order valence-electron chi connectivity index (χ4n) is 2.32. The second-order valence-corrected chi connectivity index (χ2v) is 6.12. The van der Waals surface area contributed by atoms with Crippen LogP contribution in [0.4, 0.5) is 0 Å². The lowest BCUT2D eigenvalue weighted by Crippen LogP contribution is -2.42. The summed E-state index contributed by atoms with van der Waals surface area (Å²) in [7, 11) is 2.09. The first-order valence-corrected chi connectivity index (χ1v) is 7.75. The molecular formula is C15H21BrN2O2. The van der Waals surface area contributed by atoms with Gasteiger partial charge in [0.25, 0.3) is 5.91 Å². The van der Waals surface area contributed by atoms with Crippen molar-refractivity contribution in [1.82, 2.24) is 9.80 Å². The number of carbonyl (C=O) groups excluding carboxylic acids is 1. The Labute approximate surface area is 128 Å². The predicted molar refractivity (Wildman–Crippen MR) is 82.9 cm³/mol. The largest absolute Gasteiger partial charge is 0.481 e. The zero-order valence-electron chi connectivity index (χ0n) is 12.0. The molecule has 5 heteroatoms. The van der Waals surface area contributed by atoms with E-state index in [9.17, 15) is 4.79 Å². The Balaban J connectivity index is 1.94. The minimum atomic E-state index is -0.451. The van der Waals surface area contributed by atoms with Gasteiger partial charge in [-0.2, -0.15) is 0 Å². The molecule has 1 aliphatic rings. The van der Waals surface area contributed by atoms with Crippen molar-refractivity contribution in [2.24, 2.45) is 0 Å². The lowest BCUT2D eigenvalue weighted by atomic mass is 10.3. The van der Waals surface area contributed by atoms with E-state index in [1.54, 1.807) is 0 Å². The molecule has 0 bridgehead atoms. The smallest absolute Gasteiger partial charge is 0.263 e. The van der Waals surface area contributed by atoms with Gasteiger partial charge < -0.3 is 14.5 Å². The minimum Gasteiger partial charge on any atom is -0.481 e. The highest BCUT2D eigenvalue weighted by Crippen LogP contribution is 2.19. The van der Waals surface area contributed by atoms with E-state index < -0.39 is 6.10 Å².